The summed E-state index contributed by atoms with van der Waals surface area (Å²) in [6, 6.07) is 0.620. The number of hydrogen-bond donors (Lipinski definition) is 1. The highest BCUT2D eigenvalue weighted by Crippen LogP contribution is 2.30. The van der Waals surface area contributed by atoms with Gasteiger partial charge in [-0.2, -0.15) is 4.98 Å². The molecule has 0 radical (unpaired) electrons. The Bertz CT molecular complexity index is 577. The van der Waals surface area contributed by atoms with E-state index in [0.29, 0.717) is 6.04 Å². The van der Waals surface area contributed by atoms with E-state index in [1.807, 2.05) is 0 Å². The Morgan fingerprint density at radius 1 is 1.40 bits per heavy atom. The zero-order chi connectivity index (χ0) is 14.1. The van der Waals surface area contributed by atoms with Crippen molar-refractivity contribution in [3.63, 3.8) is 0 Å². The number of aromatic nitrogens is 2. The SMILES string of the molecule is COc1nc2sccn2c1CNC1CCC(C)C(C)C1. The smallest absolute Gasteiger partial charge is 0.237 e. The van der Waals surface area contributed by atoms with Crippen molar-refractivity contribution in [2.75, 3.05) is 7.11 Å². The van der Waals surface area contributed by atoms with E-state index in [2.05, 4.69) is 40.1 Å². The maximum Gasteiger partial charge on any atom is 0.237 e. The summed E-state index contributed by atoms with van der Waals surface area (Å²) in [4.78, 5) is 5.51. The third-order valence-corrected chi connectivity index (χ3v) is 5.43. The Kier molecular flexibility index (Phi) is 3.98. The molecule has 3 atom stereocenters. The van der Waals surface area contributed by atoms with Gasteiger partial charge in [0.1, 0.15) is 5.69 Å². The average molecular weight is 293 g/mol. The summed E-state index contributed by atoms with van der Waals surface area (Å²) in [5.41, 5.74) is 1.13. The molecule has 20 heavy (non-hydrogen) atoms. The Labute approximate surface area is 124 Å². The summed E-state index contributed by atoms with van der Waals surface area (Å²) >= 11 is 1.64. The zero-order valence-corrected chi connectivity index (χ0v) is 13.2. The largest absolute Gasteiger partial charge is 0.480 e. The third kappa shape index (κ3) is 2.56. The van der Waals surface area contributed by atoms with Crippen LogP contribution in [0.3, 0.4) is 0 Å². The normalized spacial score (nSPS) is 27.1. The van der Waals surface area contributed by atoms with Gasteiger partial charge in [0, 0.05) is 24.2 Å². The fourth-order valence-electron chi connectivity index (χ4n) is 3.11. The van der Waals surface area contributed by atoms with Gasteiger partial charge in [0.05, 0.1) is 7.11 Å². The minimum atomic E-state index is 0.620. The number of fused-ring (bicyclic) bond motifs is 1. The van der Waals surface area contributed by atoms with E-state index in [-0.39, 0.29) is 0 Å². The highest BCUT2D eigenvalue weighted by Gasteiger charge is 2.24. The first kappa shape index (κ1) is 13.9. The number of ether oxygens (including phenoxy) is 1. The highest BCUT2D eigenvalue weighted by atomic mass is 32.1. The minimum Gasteiger partial charge on any atom is -0.480 e. The van der Waals surface area contributed by atoms with Crippen molar-refractivity contribution in [2.45, 2.75) is 45.7 Å². The van der Waals surface area contributed by atoms with Crippen molar-refractivity contribution in [3.8, 4) is 5.88 Å². The second kappa shape index (κ2) is 5.74. The van der Waals surface area contributed by atoms with Crippen LogP contribution in [-0.4, -0.2) is 22.5 Å². The molecular formula is C15H23N3OS. The molecule has 3 unspecified atom stereocenters. The van der Waals surface area contributed by atoms with E-state index in [4.69, 9.17) is 4.74 Å². The Balaban J connectivity index is 1.69. The van der Waals surface area contributed by atoms with Crippen LogP contribution in [0.1, 0.15) is 38.8 Å². The van der Waals surface area contributed by atoms with Crippen molar-refractivity contribution < 1.29 is 4.74 Å². The van der Waals surface area contributed by atoms with Gasteiger partial charge in [-0.1, -0.05) is 13.8 Å². The summed E-state index contributed by atoms with van der Waals surface area (Å²) in [6.07, 6.45) is 5.95. The number of nitrogens with one attached hydrogen (secondary N) is 1. The Morgan fingerprint density at radius 2 is 2.25 bits per heavy atom. The topological polar surface area (TPSA) is 38.6 Å². The molecular weight excluding hydrogens is 270 g/mol. The lowest BCUT2D eigenvalue weighted by molar-refractivity contribution is 0.224. The highest BCUT2D eigenvalue weighted by molar-refractivity contribution is 7.15. The van der Waals surface area contributed by atoms with E-state index in [1.165, 1.54) is 19.3 Å². The standard InChI is InChI=1S/C15H23N3OS/c1-10-4-5-12(8-11(10)2)16-9-13-14(19-3)17-15-18(13)6-7-20-15/h6-7,10-12,16H,4-5,8-9H2,1-3H3. The molecule has 2 aromatic rings. The molecule has 1 fully saturated rings. The van der Waals surface area contributed by atoms with E-state index >= 15 is 0 Å². The third-order valence-electron chi connectivity index (χ3n) is 4.67. The lowest BCUT2D eigenvalue weighted by Gasteiger charge is -2.32. The number of nitrogens with zero attached hydrogens (tertiary/aromatic N) is 2. The van der Waals surface area contributed by atoms with Crippen LogP contribution in [0, 0.1) is 11.8 Å². The first-order valence-corrected chi connectivity index (χ1v) is 8.28. The number of methoxy groups -OCH3 is 1. The molecule has 1 aliphatic rings. The monoisotopic (exact) mass is 293 g/mol. The van der Waals surface area contributed by atoms with Gasteiger partial charge in [0.15, 0.2) is 4.96 Å². The predicted octanol–water partition coefficient (Wildman–Crippen LogP) is 3.32. The van der Waals surface area contributed by atoms with Crippen LogP contribution in [0.2, 0.25) is 0 Å². The van der Waals surface area contributed by atoms with Gasteiger partial charge in [0.2, 0.25) is 5.88 Å². The summed E-state index contributed by atoms with van der Waals surface area (Å²) < 4.78 is 7.53. The molecule has 5 heteroatoms. The van der Waals surface area contributed by atoms with Gasteiger partial charge in [-0.3, -0.25) is 4.40 Å². The van der Waals surface area contributed by atoms with Crippen molar-refractivity contribution in [1.82, 2.24) is 14.7 Å². The summed E-state index contributed by atoms with van der Waals surface area (Å²) in [5, 5.41) is 5.76. The number of thiazole rings is 1. The van der Waals surface area contributed by atoms with Crippen LogP contribution in [-0.2, 0) is 6.54 Å². The number of imidazole rings is 1. The molecule has 2 heterocycles. The summed E-state index contributed by atoms with van der Waals surface area (Å²) in [7, 11) is 1.69. The number of rotatable bonds is 4. The molecule has 0 aliphatic heterocycles. The lowest BCUT2D eigenvalue weighted by atomic mass is 9.79. The molecule has 0 amide bonds. The van der Waals surface area contributed by atoms with Crippen LogP contribution in [0.15, 0.2) is 11.6 Å². The molecule has 110 valence electrons. The van der Waals surface area contributed by atoms with E-state index < -0.39 is 0 Å². The molecule has 0 spiro atoms. The molecule has 3 rings (SSSR count). The molecule has 2 aromatic heterocycles. The summed E-state index contributed by atoms with van der Waals surface area (Å²) in [5.74, 6) is 2.43. The molecule has 1 N–H and O–H groups in total. The van der Waals surface area contributed by atoms with Crippen LogP contribution < -0.4 is 10.1 Å². The minimum absolute atomic E-state index is 0.620. The molecule has 0 aromatic carbocycles. The molecule has 4 nitrogen and oxygen atoms in total. The average Bonchev–Trinajstić information content (AvgIpc) is 3.00. The second-order valence-electron chi connectivity index (χ2n) is 5.97. The van der Waals surface area contributed by atoms with Crippen LogP contribution in [0.25, 0.3) is 4.96 Å². The number of hydrogen-bond acceptors (Lipinski definition) is 4. The van der Waals surface area contributed by atoms with Gasteiger partial charge in [-0.15, -0.1) is 11.3 Å². The Hall–Kier alpha value is -1.07. The van der Waals surface area contributed by atoms with Crippen LogP contribution in [0.5, 0.6) is 5.88 Å². The van der Waals surface area contributed by atoms with Crippen LogP contribution >= 0.6 is 11.3 Å². The second-order valence-corrected chi connectivity index (χ2v) is 6.84. The first-order valence-electron chi connectivity index (χ1n) is 7.40. The van der Waals surface area contributed by atoms with Gasteiger partial charge in [0.25, 0.3) is 0 Å². The van der Waals surface area contributed by atoms with Crippen LogP contribution in [0.4, 0.5) is 0 Å². The fourth-order valence-corrected chi connectivity index (χ4v) is 3.84. The van der Waals surface area contributed by atoms with Crippen molar-refractivity contribution in [3.05, 3.63) is 17.3 Å². The van der Waals surface area contributed by atoms with Gasteiger partial charge < -0.3 is 10.1 Å². The van der Waals surface area contributed by atoms with Crippen molar-refractivity contribution >= 4 is 16.3 Å². The molecule has 1 aliphatic carbocycles. The maximum atomic E-state index is 5.40. The lowest BCUT2D eigenvalue weighted by Crippen LogP contribution is -2.36. The Morgan fingerprint density at radius 3 is 3.00 bits per heavy atom. The van der Waals surface area contributed by atoms with Crippen molar-refractivity contribution in [1.29, 1.82) is 0 Å². The van der Waals surface area contributed by atoms with E-state index in [9.17, 15) is 0 Å². The summed E-state index contributed by atoms with van der Waals surface area (Å²) in [6.45, 7) is 5.57. The maximum absolute atomic E-state index is 5.40. The van der Waals surface area contributed by atoms with Gasteiger partial charge >= 0.3 is 0 Å². The molecule has 0 bridgehead atoms. The van der Waals surface area contributed by atoms with E-state index in [0.717, 1.165) is 34.9 Å². The van der Waals surface area contributed by atoms with E-state index in [1.54, 1.807) is 18.4 Å². The molecule has 0 saturated heterocycles. The quantitative estimate of drug-likeness (QED) is 0.940. The van der Waals surface area contributed by atoms with Crippen molar-refractivity contribution in [2.24, 2.45) is 11.8 Å². The molecule has 1 saturated carbocycles. The van der Waals surface area contributed by atoms with Gasteiger partial charge in [-0.25, -0.2) is 0 Å². The zero-order valence-electron chi connectivity index (χ0n) is 12.4. The fraction of sp³-hybridized carbons (Fsp3) is 0.667. The van der Waals surface area contributed by atoms with Gasteiger partial charge in [-0.05, 0) is 31.1 Å². The first-order chi connectivity index (χ1) is 9.69. The predicted molar refractivity (Wildman–Crippen MR) is 82.4 cm³/mol.